The van der Waals surface area contributed by atoms with E-state index in [9.17, 15) is 0 Å². The van der Waals surface area contributed by atoms with Gasteiger partial charge in [0, 0.05) is 0 Å². The summed E-state index contributed by atoms with van der Waals surface area (Å²) in [5.41, 5.74) is 0. The Hall–Kier alpha value is 0.357. The van der Waals surface area contributed by atoms with Crippen molar-refractivity contribution in [3.8, 4) is 0 Å². The third-order valence-corrected chi connectivity index (χ3v) is 0. The molecule has 9 heavy (non-hydrogen) atoms. The third-order valence-electron chi connectivity index (χ3n) is 0. The van der Waals surface area contributed by atoms with E-state index in [2.05, 4.69) is 0 Å². The van der Waals surface area contributed by atoms with Gasteiger partial charge >= 0.3 is 0 Å². The van der Waals surface area contributed by atoms with Crippen LogP contribution in [0.25, 0.3) is 0 Å². The minimum Gasteiger partial charge on any atom is -0.750 e. The first-order valence-electron chi connectivity index (χ1n) is 1.05. The van der Waals surface area contributed by atoms with Crippen molar-refractivity contribution in [2.75, 3.05) is 0 Å². The highest BCUT2D eigenvalue weighted by atomic mass is 32.2. The van der Waals surface area contributed by atoms with Crippen LogP contribution in [0.3, 0.4) is 0 Å². The Labute approximate surface area is 60.9 Å². The monoisotopic (exact) mass is 195 g/mol. The lowest BCUT2D eigenvalue weighted by molar-refractivity contribution is 0.435. The Bertz CT molecular complexity index is 69.1. The number of hydrogen-bond acceptors (Lipinski definition) is 3. The molecule has 0 aromatic rings. The lowest BCUT2D eigenvalue weighted by atomic mass is 15.8. The zero-order valence-electron chi connectivity index (χ0n) is 3.38. The smallest absolute Gasteiger partial charge is 0.299 e. The van der Waals surface area contributed by atoms with E-state index in [0.29, 0.717) is 0 Å². The number of rotatable bonds is 0. The minimum absolute atomic E-state index is 0. The molecule has 0 radical (unpaired) electrons. The Kier molecular flexibility index (Phi) is 20.1. The fourth-order valence-electron chi connectivity index (χ4n) is 0. The first-order chi connectivity index (χ1) is 3.46. The van der Waals surface area contributed by atoms with Gasteiger partial charge in [-0.15, -0.1) is 0 Å². The summed E-state index contributed by atoms with van der Waals surface area (Å²) in [6.45, 7) is 0. The largest absolute Gasteiger partial charge is 0.750 e. The summed E-state index contributed by atoms with van der Waals surface area (Å²) in [5.74, 6) is 0. The lowest BCUT2D eigenvalue weighted by Gasteiger charge is -1.83. The molecule has 0 aliphatic carbocycles. The Morgan fingerprint density at radius 2 is 1.11 bits per heavy atom. The molecule has 0 aliphatic heterocycles. The quantitative estimate of drug-likeness (QED) is 0.292. The van der Waals surface area contributed by atoms with Gasteiger partial charge in [0.15, 0.2) is 0 Å². The summed E-state index contributed by atoms with van der Waals surface area (Å²) in [6.07, 6.45) is 0. The van der Waals surface area contributed by atoms with Crippen LogP contribution in [0, 0.1) is 0 Å². The molecule has 0 heterocycles. The predicted molar refractivity (Wildman–Crippen MR) is 36.3 cm³/mol. The van der Waals surface area contributed by atoms with Crippen molar-refractivity contribution in [1.82, 2.24) is 0 Å². The molecule has 0 amide bonds. The molecule has 3 N–H and O–H groups in total. The molecular weight excluding hydrogens is 188 g/mol. The average Bonchev–Trinajstić information content (AvgIpc) is 1.25. The highest BCUT2D eigenvalue weighted by Crippen LogP contribution is 1.44. The second-order valence-electron chi connectivity index (χ2n) is 0.448. The van der Waals surface area contributed by atoms with Crippen LogP contribution < -0.4 is 0 Å². The van der Waals surface area contributed by atoms with Crippen LogP contribution >= 0.6 is 0 Å². The molecule has 0 aromatic carbocycles. The van der Waals surface area contributed by atoms with Crippen molar-refractivity contribution in [1.29, 1.82) is 0 Å². The van der Waals surface area contributed by atoms with Crippen LogP contribution in [-0.4, -0.2) is 37.6 Å². The van der Waals surface area contributed by atoms with Gasteiger partial charge in [0.25, 0.3) is 11.4 Å². The van der Waals surface area contributed by atoms with Gasteiger partial charge in [-0.05, 0) is 11.0 Å². The van der Waals surface area contributed by atoms with Crippen LogP contribution in [0.2, 0.25) is 0 Å². The van der Waals surface area contributed by atoms with Crippen LogP contribution in [-0.2, 0) is 22.7 Å². The van der Waals surface area contributed by atoms with Gasteiger partial charge in [-0.25, -0.2) is 4.21 Å². The zero-order valence-corrected chi connectivity index (χ0v) is 5.02. The van der Waals surface area contributed by atoms with Crippen LogP contribution in [0.15, 0.2) is 0 Å². The van der Waals surface area contributed by atoms with E-state index in [4.69, 9.17) is 26.6 Å². The van der Waals surface area contributed by atoms with E-state index in [0.717, 1.165) is 0 Å². The highest BCUT2D eigenvalue weighted by molar-refractivity contribution is 7.73. The third kappa shape index (κ3) is 2650. The molecule has 0 rings (SSSR count). The Morgan fingerprint density at radius 3 is 1.11 bits per heavy atom. The van der Waals surface area contributed by atoms with Crippen molar-refractivity contribution in [2.24, 2.45) is 0 Å². The zero-order chi connectivity index (χ0) is 7.15. The maximum atomic E-state index is 8.67. The lowest BCUT2D eigenvalue weighted by Crippen LogP contribution is -1.75. The van der Waals surface area contributed by atoms with E-state index in [1.165, 1.54) is 0 Å². The molecule has 0 spiro atoms. The summed E-state index contributed by atoms with van der Waals surface area (Å²) in [6, 6.07) is 0. The second-order valence-corrected chi connectivity index (χ2v) is 1.34. The molecular formula is H7O6S2Si-. The molecule has 0 aromatic heterocycles. The van der Waals surface area contributed by atoms with E-state index in [1.54, 1.807) is 0 Å². The molecule has 6 nitrogen and oxygen atoms in total. The predicted octanol–water partition coefficient (Wildman–Crippen LogP) is -2.43. The summed E-state index contributed by atoms with van der Waals surface area (Å²) in [4.78, 5) is 0. The molecule has 0 bridgehead atoms. The van der Waals surface area contributed by atoms with Crippen LogP contribution in [0.1, 0.15) is 0 Å². The van der Waals surface area contributed by atoms with E-state index in [-0.39, 0.29) is 11.0 Å². The van der Waals surface area contributed by atoms with Crippen molar-refractivity contribution in [2.45, 2.75) is 0 Å². The van der Waals surface area contributed by atoms with Gasteiger partial charge in [0.2, 0.25) is 0 Å². The van der Waals surface area contributed by atoms with Crippen molar-refractivity contribution >= 4 is 33.7 Å². The maximum absolute atomic E-state index is 8.67. The molecule has 0 fully saturated rings. The molecule has 0 saturated carbocycles. The first-order valence-corrected chi connectivity index (χ1v) is 3.14. The van der Waals surface area contributed by atoms with Gasteiger partial charge in [-0.3, -0.25) is 9.11 Å². The standard InChI is InChI=1S/2H2O3S.H4Si/c2*1-4(2)3;/h2*(H2,1,2,3);1H4/p-1. The van der Waals surface area contributed by atoms with Gasteiger partial charge in [-0.1, -0.05) is 0 Å². The van der Waals surface area contributed by atoms with Gasteiger partial charge < -0.3 is 9.11 Å². The van der Waals surface area contributed by atoms with E-state index >= 15 is 0 Å². The molecule has 60 valence electrons. The summed E-state index contributed by atoms with van der Waals surface area (Å²) in [7, 11) is 0. The average molecular weight is 195 g/mol. The first kappa shape index (κ1) is 16.2. The van der Waals surface area contributed by atoms with Crippen LogP contribution in [0.4, 0.5) is 0 Å². The maximum Gasteiger partial charge on any atom is 0.299 e. The van der Waals surface area contributed by atoms with Crippen molar-refractivity contribution in [3.05, 3.63) is 0 Å². The molecule has 1 atom stereocenters. The Morgan fingerprint density at radius 1 is 1.11 bits per heavy atom. The van der Waals surface area contributed by atoms with Gasteiger partial charge in [-0.2, -0.15) is 4.21 Å². The molecule has 0 saturated heterocycles. The fourth-order valence-corrected chi connectivity index (χ4v) is 0. The topological polar surface area (TPSA) is 118 Å². The Balaban J connectivity index is -0.0000000720. The van der Waals surface area contributed by atoms with Crippen molar-refractivity contribution in [3.63, 3.8) is 0 Å². The number of hydrogen-bond donors (Lipinski definition) is 3. The summed E-state index contributed by atoms with van der Waals surface area (Å²) in [5, 5.41) is 0. The fraction of sp³-hybridized carbons (Fsp3) is 0. The molecule has 9 heteroatoms. The summed E-state index contributed by atoms with van der Waals surface area (Å²) < 4.78 is 46.9. The van der Waals surface area contributed by atoms with E-state index in [1.807, 2.05) is 0 Å². The van der Waals surface area contributed by atoms with E-state index < -0.39 is 22.7 Å². The van der Waals surface area contributed by atoms with Crippen molar-refractivity contribution < 1.29 is 26.6 Å². The van der Waals surface area contributed by atoms with Crippen LogP contribution in [0.5, 0.6) is 0 Å². The van der Waals surface area contributed by atoms with Gasteiger partial charge in [0.05, 0.1) is 11.4 Å². The minimum atomic E-state index is -2.86. The normalized spacial score (nSPS) is 10.8. The summed E-state index contributed by atoms with van der Waals surface area (Å²) >= 11 is -5.47. The highest BCUT2D eigenvalue weighted by Gasteiger charge is 1.62. The SMILES string of the molecule is O=S(O)O.O=S([O-])O.[SiH4]. The molecule has 0 aliphatic rings. The second kappa shape index (κ2) is 11.2. The molecule has 1 unspecified atom stereocenters. The van der Waals surface area contributed by atoms with Gasteiger partial charge in [0.1, 0.15) is 0 Å².